The van der Waals surface area contributed by atoms with E-state index >= 15 is 0 Å². The van der Waals surface area contributed by atoms with Gasteiger partial charge in [-0.2, -0.15) is 0 Å². The molecule has 0 aromatic heterocycles. The summed E-state index contributed by atoms with van der Waals surface area (Å²) in [5.41, 5.74) is 1.24. The minimum Gasteiger partial charge on any atom is -0.460 e. The lowest BCUT2D eigenvalue weighted by atomic mass is 9.68. The highest BCUT2D eigenvalue weighted by Gasteiger charge is 2.57. The number of Topliss-reactive ketones (excluding diaryl/α,β-unsaturated/α-hetero) is 3. The van der Waals surface area contributed by atoms with Gasteiger partial charge in [0.1, 0.15) is 30.1 Å². The smallest absolute Gasteiger partial charge is 0.460 e. The molecule has 1 amide bonds. The fourth-order valence-electron chi connectivity index (χ4n) is 11.6. The molecule has 1 aliphatic carbocycles. The quantitative estimate of drug-likeness (QED) is 0.0880. The van der Waals surface area contributed by atoms with Gasteiger partial charge in [-0.15, -0.1) is 0 Å². The van der Waals surface area contributed by atoms with Crippen molar-refractivity contribution in [1.82, 2.24) is 4.90 Å². The average molecular weight is 1030 g/mol. The topological polar surface area (TPSA) is 220 Å². The Balaban J connectivity index is 1.51. The molecule has 16 atom stereocenters. The lowest BCUT2D eigenvalue weighted by Gasteiger charge is -2.50. The lowest BCUT2D eigenvalue weighted by Crippen LogP contribution is -2.65. The van der Waals surface area contributed by atoms with Crippen LogP contribution in [0.15, 0.2) is 47.6 Å². The summed E-state index contributed by atoms with van der Waals surface area (Å²) in [5, 5.41) is 23.6. The maximum atomic E-state index is 14.6. The molecule has 406 valence electrons. The monoisotopic (exact) mass is 1030 g/mol. The number of rotatable bonds is 11. The van der Waals surface area contributed by atoms with Crippen molar-refractivity contribution >= 4 is 37.0 Å². The fraction of sp³-hybridized carbons (Fsp3) is 0.759. The third kappa shape index (κ3) is 14.6. The van der Waals surface area contributed by atoms with Crippen molar-refractivity contribution in [2.75, 3.05) is 41.1 Å². The minimum atomic E-state index is -3.88. The van der Waals surface area contributed by atoms with Crippen LogP contribution >= 0.6 is 7.82 Å². The number of aliphatic hydroxyl groups is 2. The molecule has 4 bridgehead atoms. The Bertz CT molecular complexity index is 2040. The van der Waals surface area contributed by atoms with Gasteiger partial charge in [0, 0.05) is 64.4 Å². The first-order valence-electron chi connectivity index (χ1n) is 26.2. The van der Waals surface area contributed by atoms with E-state index in [9.17, 15) is 38.8 Å². The van der Waals surface area contributed by atoms with Crippen LogP contribution in [0.3, 0.4) is 0 Å². The zero-order valence-electron chi connectivity index (χ0n) is 44.5. The molecule has 72 heavy (non-hydrogen) atoms. The first kappa shape index (κ1) is 59.7. The Labute approximate surface area is 427 Å². The van der Waals surface area contributed by atoms with Crippen LogP contribution in [0.1, 0.15) is 126 Å². The van der Waals surface area contributed by atoms with Crippen LogP contribution in [0.25, 0.3) is 0 Å². The highest BCUT2D eigenvalue weighted by atomic mass is 31.2. The number of piperidine rings is 1. The van der Waals surface area contributed by atoms with Crippen molar-refractivity contribution in [1.29, 1.82) is 0 Å². The van der Waals surface area contributed by atoms with Crippen molar-refractivity contribution in [2.45, 2.75) is 181 Å². The van der Waals surface area contributed by atoms with E-state index in [1.807, 2.05) is 51.2 Å². The van der Waals surface area contributed by atoms with Crippen LogP contribution in [-0.2, 0) is 65.8 Å². The first-order valence-corrected chi connectivity index (χ1v) is 27.7. The number of ketones is 3. The Morgan fingerprint density at radius 2 is 1.54 bits per heavy atom. The molecule has 4 fully saturated rings. The lowest BCUT2D eigenvalue weighted by molar-refractivity contribution is -0.266. The van der Waals surface area contributed by atoms with E-state index < -0.39 is 110 Å². The number of phosphoric acid groups is 1. The number of nitrogens with zero attached hydrogens (tertiary/aromatic N) is 1. The highest BCUT2D eigenvalue weighted by molar-refractivity contribution is 7.48. The maximum absolute atomic E-state index is 14.6. The molecule has 3 saturated heterocycles. The SMILES string of the molecule is CCOP(=O)(OCC)O[C@@H]1CCC(C[C@H]2C3CCCN4C(=O)C(=O)C5(O)O[C@@H](CCC5C)C[C@H](OC)\C(C)=C/C=C\C=C/[C@@H](C)CC(C)C(=O)[C@H](OC)C(O)/C(C)=C\C(C)C(=O)C[C@@H]2OC(=O)C34)CC1OC. The Morgan fingerprint density at radius 1 is 0.833 bits per heavy atom. The van der Waals surface area contributed by atoms with Crippen molar-refractivity contribution in [3.8, 4) is 0 Å². The molecule has 0 radical (unpaired) electrons. The molecule has 5 rings (SSSR count). The van der Waals surface area contributed by atoms with E-state index in [2.05, 4.69) is 0 Å². The highest BCUT2D eigenvalue weighted by Crippen LogP contribution is 2.53. The van der Waals surface area contributed by atoms with Crippen molar-refractivity contribution < 1.29 is 76.0 Å². The Hall–Kier alpha value is -3.22. The summed E-state index contributed by atoms with van der Waals surface area (Å²) < 4.78 is 60.2. The third-order valence-electron chi connectivity index (χ3n) is 15.7. The summed E-state index contributed by atoms with van der Waals surface area (Å²) >= 11 is 0. The molecular formula is C54H84NO16P. The number of aliphatic hydroxyl groups excluding tert-OH is 1. The minimum absolute atomic E-state index is 0.00548. The van der Waals surface area contributed by atoms with Gasteiger partial charge in [-0.3, -0.25) is 32.7 Å². The number of ether oxygens (including phenoxy) is 5. The van der Waals surface area contributed by atoms with E-state index in [0.717, 1.165) is 5.57 Å². The summed E-state index contributed by atoms with van der Waals surface area (Å²) in [6.45, 7) is 14.4. The number of methoxy groups -OCH3 is 3. The molecule has 4 aliphatic heterocycles. The molecule has 0 aromatic carbocycles. The zero-order valence-corrected chi connectivity index (χ0v) is 45.4. The van der Waals surface area contributed by atoms with Crippen LogP contribution in [0.5, 0.6) is 0 Å². The molecule has 1 saturated carbocycles. The number of hydrogen-bond donors (Lipinski definition) is 2. The van der Waals surface area contributed by atoms with Gasteiger partial charge < -0.3 is 38.8 Å². The number of hydrogen-bond acceptors (Lipinski definition) is 16. The zero-order chi connectivity index (χ0) is 53.1. The van der Waals surface area contributed by atoms with Crippen LogP contribution < -0.4 is 0 Å². The Morgan fingerprint density at radius 3 is 2.19 bits per heavy atom. The summed E-state index contributed by atoms with van der Waals surface area (Å²) in [7, 11) is 0.618. The van der Waals surface area contributed by atoms with E-state index in [-0.39, 0.29) is 49.6 Å². The van der Waals surface area contributed by atoms with Gasteiger partial charge in [0.05, 0.1) is 37.6 Å². The number of allylic oxidation sites excluding steroid dienone is 6. The molecule has 18 heteroatoms. The average Bonchev–Trinajstić information content (AvgIpc) is 3.34. The van der Waals surface area contributed by atoms with Gasteiger partial charge in [0.2, 0.25) is 5.79 Å². The second-order valence-corrected chi connectivity index (χ2v) is 22.5. The molecule has 5 aliphatic rings. The number of esters is 1. The molecule has 0 aromatic rings. The molecule has 9 unspecified atom stereocenters. The van der Waals surface area contributed by atoms with Gasteiger partial charge in [0.25, 0.3) is 11.7 Å². The predicted molar refractivity (Wildman–Crippen MR) is 268 cm³/mol. The summed E-state index contributed by atoms with van der Waals surface area (Å²) in [6, 6.07) is -1.18. The van der Waals surface area contributed by atoms with E-state index in [1.54, 1.807) is 54.9 Å². The number of amides is 1. The van der Waals surface area contributed by atoms with Gasteiger partial charge in [0.15, 0.2) is 5.78 Å². The van der Waals surface area contributed by atoms with E-state index in [1.165, 1.54) is 12.0 Å². The normalized spacial score (nSPS) is 39.9. The second-order valence-electron chi connectivity index (χ2n) is 20.9. The molecule has 4 heterocycles. The second kappa shape index (κ2) is 27.0. The number of fused-ring (bicyclic) bond motifs is 4. The first-order chi connectivity index (χ1) is 34.1. The largest absolute Gasteiger partial charge is 0.475 e. The van der Waals surface area contributed by atoms with Crippen molar-refractivity contribution in [2.24, 2.45) is 41.4 Å². The van der Waals surface area contributed by atoms with Gasteiger partial charge >= 0.3 is 13.8 Å². The molecule has 2 N–H and O–H groups in total. The number of carbonyl (C=O) groups is 5. The summed E-state index contributed by atoms with van der Waals surface area (Å²) in [6.07, 6.45) is 9.92. The van der Waals surface area contributed by atoms with Crippen LogP contribution in [0.4, 0.5) is 0 Å². The van der Waals surface area contributed by atoms with E-state index in [0.29, 0.717) is 69.8 Å². The van der Waals surface area contributed by atoms with Gasteiger partial charge in [-0.1, -0.05) is 64.2 Å². The van der Waals surface area contributed by atoms with Gasteiger partial charge in [-0.05, 0) is 114 Å². The van der Waals surface area contributed by atoms with E-state index in [4.69, 9.17) is 37.3 Å². The molecular weight excluding hydrogens is 950 g/mol. The van der Waals surface area contributed by atoms with Crippen LogP contribution in [0.2, 0.25) is 0 Å². The third-order valence-corrected chi connectivity index (χ3v) is 17.4. The maximum Gasteiger partial charge on any atom is 0.475 e. The van der Waals surface area contributed by atoms with Crippen molar-refractivity contribution in [3.63, 3.8) is 0 Å². The molecule has 0 spiro atoms. The van der Waals surface area contributed by atoms with Crippen LogP contribution in [0, 0.1) is 41.4 Å². The Kier molecular flexibility index (Phi) is 22.4. The fourth-order valence-corrected chi connectivity index (χ4v) is 13.0. The van der Waals surface area contributed by atoms with Crippen LogP contribution in [-0.4, -0.2) is 140 Å². The number of carbonyl (C=O) groups excluding carboxylic acids is 5. The summed E-state index contributed by atoms with van der Waals surface area (Å²) in [4.78, 5) is 72.9. The molecule has 17 nitrogen and oxygen atoms in total. The predicted octanol–water partition coefficient (Wildman–Crippen LogP) is 7.61. The summed E-state index contributed by atoms with van der Waals surface area (Å²) in [5.74, 6) is -8.96. The van der Waals surface area contributed by atoms with Gasteiger partial charge in [-0.25, -0.2) is 9.36 Å². The number of phosphoric ester groups is 1. The standard InChI is InChI=1S/C54H84NO16P/c1-12-67-72(63,68-13-2)71-43-24-22-38(29-46(43)65-10)28-41-40-20-17-25-55-47(40)53(61)69-45(41)31-42(56)34(5)27-36(7)49(58)50(66-11)48(57)35(6)26-32(3)18-15-14-16-19-33(4)44(64-9)30-39-23-21-37(8)54(62,70-39)51(59)52(55)60/h14-16,18-19,27,32,34-35,37-41,43-47,49-50,58,62H,12-13,17,20-26,28-31H2,1-11H3/b16-14-,18-15-,33-19-,36-27-/t32-,34?,35?,37?,38?,39+,40?,41+,43-,44+,45+,46?,47?,49?,50+,54?/m1/s1. The van der Waals surface area contributed by atoms with Crippen molar-refractivity contribution in [3.05, 3.63) is 47.6 Å².